The molecule has 8 fully saturated rings. The molecule has 8 rings (SSSR count). The molecule has 15 N–H and O–H groups in total. The maximum Gasteiger partial charge on any atom is 0.187 e. The number of hydrogen-bond acceptors (Lipinski definition) is 23. The molecule has 0 unspecified atom stereocenters. The second-order valence-corrected chi connectivity index (χ2v) is 25.2. The zero-order valence-electron chi connectivity index (χ0n) is 44.9. The Bertz CT molecular complexity index is 1960. The third-order valence-electron chi connectivity index (χ3n) is 20.5. The normalized spacial score (nSPS) is 52.2. The fraction of sp³-hybridized carbons (Fsp3) is 0.962. The molecule has 0 aromatic carbocycles. The number of allylic oxidation sites excluding steroid dienone is 2. The molecule has 4 aliphatic carbocycles. The van der Waals surface area contributed by atoms with E-state index in [0.717, 1.165) is 5.57 Å². The molecule has 4 heterocycles. The molecule has 23 heteroatoms. The second kappa shape index (κ2) is 23.2. The molecule has 76 heavy (non-hydrogen) atoms. The predicted molar refractivity (Wildman–Crippen MR) is 262 cm³/mol. The summed E-state index contributed by atoms with van der Waals surface area (Å²) in [6.45, 7) is 12.1. The third-order valence-corrected chi connectivity index (χ3v) is 20.5. The average molecular weight is 1100 g/mol. The van der Waals surface area contributed by atoms with E-state index in [0.29, 0.717) is 57.8 Å². The molecule has 29 atom stereocenters. The van der Waals surface area contributed by atoms with Crippen molar-refractivity contribution < 1.29 is 114 Å². The van der Waals surface area contributed by atoms with Gasteiger partial charge in [-0.3, -0.25) is 0 Å². The topological polar surface area (TPSA) is 377 Å². The van der Waals surface area contributed by atoms with Gasteiger partial charge in [0.1, 0.15) is 91.6 Å². The highest BCUT2D eigenvalue weighted by molar-refractivity contribution is 5.21. The first-order chi connectivity index (χ1) is 35.7. The van der Waals surface area contributed by atoms with Crippen LogP contribution in [0, 0.1) is 45.3 Å². The van der Waals surface area contributed by atoms with Crippen LogP contribution < -0.4 is 0 Å². The van der Waals surface area contributed by atoms with E-state index in [-0.39, 0.29) is 36.9 Å². The molecule has 0 amide bonds. The first-order valence-corrected chi connectivity index (χ1v) is 27.5. The number of aliphatic hydroxyl groups is 15. The summed E-state index contributed by atoms with van der Waals surface area (Å²) in [6, 6.07) is 0. The van der Waals surface area contributed by atoms with Gasteiger partial charge in [0.15, 0.2) is 25.2 Å². The summed E-state index contributed by atoms with van der Waals surface area (Å²) in [6.07, 6.45) is -24.4. The lowest BCUT2D eigenvalue weighted by Crippen LogP contribution is -2.69. The van der Waals surface area contributed by atoms with Crippen molar-refractivity contribution in [1.29, 1.82) is 0 Å². The van der Waals surface area contributed by atoms with Gasteiger partial charge in [-0.15, -0.1) is 0 Å². The van der Waals surface area contributed by atoms with Crippen LogP contribution in [0.2, 0.25) is 0 Å². The Morgan fingerprint density at radius 1 is 0.592 bits per heavy atom. The molecule has 4 saturated heterocycles. The van der Waals surface area contributed by atoms with Crippen molar-refractivity contribution in [1.82, 2.24) is 0 Å². The molecular weight excluding hydrogens is 1000 g/mol. The summed E-state index contributed by atoms with van der Waals surface area (Å²) in [5, 5.41) is 163. The van der Waals surface area contributed by atoms with E-state index in [9.17, 15) is 76.6 Å². The number of fused-ring (bicyclic) bond motifs is 5. The van der Waals surface area contributed by atoms with Crippen molar-refractivity contribution in [3.05, 3.63) is 11.6 Å². The van der Waals surface area contributed by atoms with Gasteiger partial charge in [-0.1, -0.05) is 39.3 Å². The summed E-state index contributed by atoms with van der Waals surface area (Å²) in [5.41, 5.74) is -2.38. The highest BCUT2D eigenvalue weighted by atomic mass is 16.8. The molecule has 440 valence electrons. The second-order valence-electron chi connectivity index (χ2n) is 25.2. The minimum Gasteiger partial charge on any atom is -0.396 e. The Morgan fingerprint density at radius 3 is 1.80 bits per heavy atom. The summed E-state index contributed by atoms with van der Waals surface area (Å²) in [4.78, 5) is 0. The summed E-state index contributed by atoms with van der Waals surface area (Å²) >= 11 is 0. The first-order valence-electron chi connectivity index (χ1n) is 27.5. The van der Waals surface area contributed by atoms with Gasteiger partial charge < -0.3 is 114 Å². The Balaban J connectivity index is 1.02. The van der Waals surface area contributed by atoms with Gasteiger partial charge in [-0.25, -0.2) is 0 Å². The maximum absolute atomic E-state index is 12.8. The van der Waals surface area contributed by atoms with Crippen LogP contribution in [0.5, 0.6) is 0 Å². The van der Waals surface area contributed by atoms with Crippen molar-refractivity contribution in [2.45, 2.75) is 241 Å². The summed E-state index contributed by atoms with van der Waals surface area (Å²) in [7, 11) is 0. The Morgan fingerprint density at radius 2 is 1.17 bits per heavy atom. The number of ether oxygens (including phenoxy) is 8. The third kappa shape index (κ3) is 10.5. The van der Waals surface area contributed by atoms with E-state index in [4.69, 9.17) is 37.9 Å². The highest BCUT2D eigenvalue weighted by Gasteiger charge is 2.73. The number of rotatable bonds is 16. The van der Waals surface area contributed by atoms with Crippen molar-refractivity contribution in [3.8, 4) is 0 Å². The fourth-order valence-electron chi connectivity index (χ4n) is 16.0. The zero-order chi connectivity index (χ0) is 55.8. The highest BCUT2D eigenvalue weighted by Crippen LogP contribution is 2.76. The summed E-state index contributed by atoms with van der Waals surface area (Å²) in [5.74, 6) is -1.01. The molecule has 23 nitrogen and oxygen atoms in total. The lowest BCUT2D eigenvalue weighted by Gasteiger charge is -2.71. The molecule has 8 aliphatic rings. The SMILES string of the molecule is CC(C)=CCC[C@](C)(O[C@@H]1O[C@H](CO[C@H]2OC[C@@H](O)[C@H](O)[C@H]2O)[C@@H](O)[C@H](O)[C@H]1O)[C@H]1CC[C@]2(C)[C@@H]1[C@H](O)C[C@@H]1[C@]3(CO)CC[C@@H](O[C@@H]4O[C@H](CO)[C@@H](O)[C@H](O)[C@H]4O[C@@H]4O[C@H](CO)[C@@H](O)[C@H](O)[C@H]4O)C(C)(C)[C@H]3CC[C@]12C. The van der Waals surface area contributed by atoms with Crippen molar-refractivity contribution in [2.24, 2.45) is 45.3 Å². The Kier molecular flexibility index (Phi) is 18.6. The van der Waals surface area contributed by atoms with E-state index in [1.807, 2.05) is 34.6 Å². The van der Waals surface area contributed by atoms with Crippen LogP contribution in [-0.2, 0) is 37.9 Å². The molecule has 4 aliphatic heterocycles. The molecule has 0 bridgehead atoms. The van der Waals surface area contributed by atoms with E-state index >= 15 is 0 Å². The van der Waals surface area contributed by atoms with E-state index in [1.54, 1.807) is 0 Å². The van der Waals surface area contributed by atoms with E-state index in [1.165, 1.54) is 0 Å². The maximum atomic E-state index is 12.8. The monoisotopic (exact) mass is 1090 g/mol. The number of aliphatic hydroxyl groups excluding tert-OH is 15. The van der Waals surface area contributed by atoms with Gasteiger partial charge in [-0.05, 0) is 118 Å². The quantitative estimate of drug-likeness (QED) is 0.0557. The Labute approximate surface area is 444 Å². The van der Waals surface area contributed by atoms with Crippen molar-refractivity contribution >= 4 is 0 Å². The first kappa shape index (κ1) is 60.9. The van der Waals surface area contributed by atoms with Gasteiger partial charge >= 0.3 is 0 Å². The van der Waals surface area contributed by atoms with E-state index < -0.39 is 176 Å². The van der Waals surface area contributed by atoms with Crippen LogP contribution in [0.1, 0.15) is 106 Å². The van der Waals surface area contributed by atoms with Crippen LogP contribution >= 0.6 is 0 Å². The summed E-state index contributed by atoms with van der Waals surface area (Å²) < 4.78 is 48.6. The van der Waals surface area contributed by atoms with Gasteiger partial charge in [0.2, 0.25) is 0 Å². The largest absolute Gasteiger partial charge is 0.396 e. The fourth-order valence-corrected chi connectivity index (χ4v) is 16.0. The van der Waals surface area contributed by atoms with Crippen LogP contribution in [0.3, 0.4) is 0 Å². The van der Waals surface area contributed by atoms with Gasteiger partial charge in [-0.2, -0.15) is 0 Å². The van der Waals surface area contributed by atoms with Crippen LogP contribution in [0.4, 0.5) is 0 Å². The van der Waals surface area contributed by atoms with Crippen LogP contribution in [0.15, 0.2) is 11.6 Å². The van der Waals surface area contributed by atoms with Crippen LogP contribution in [0.25, 0.3) is 0 Å². The minimum atomic E-state index is -1.84. The molecule has 0 aromatic heterocycles. The lowest BCUT2D eigenvalue weighted by molar-refractivity contribution is -0.379. The Hall–Kier alpha value is -1.18. The standard InChI is InChI=1S/C53H90O23/c1-23(2)9-8-13-52(7,76-47-43(68)39(64)37(62)29(73-47)21-70-45-41(66)34(59)26(58)20-69-45)24-10-14-51(6)33(24)25(57)17-31-50(51,5)15-11-30-49(3,4)32(12-16-53(30,31)22-56)74-48-44(40(65)36(61)28(19-55)72-48)75-46-42(67)38(63)35(60)27(18-54)71-46/h9,24-48,54-68H,8,10-22H2,1-7H3/t24-,25+,26+,27+,28+,29+,30+,31-,32+,33-,34-,35+,36+,37+,38-,39-,40-,41+,42+,43+,44+,45+,46-,47-,48-,50+,51+,52-,53-/m0/s1. The van der Waals surface area contributed by atoms with Crippen LogP contribution in [-0.4, -0.2) is 244 Å². The minimum absolute atomic E-state index is 0.181. The van der Waals surface area contributed by atoms with Gasteiger partial charge in [0.25, 0.3) is 0 Å². The van der Waals surface area contributed by atoms with Gasteiger partial charge in [0, 0.05) is 12.0 Å². The molecular formula is C53H90O23. The van der Waals surface area contributed by atoms with Gasteiger partial charge in [0.05, 0.1) is 44.2 Å². The number of hydrogen-bond donors (Lipinski definition) is 15. The van der Waals surface area contributed by atoms with Crippen molar-refractivity contribution in [3.63, 3.8) is 0 Å². The smallest absolute Gasteiger partial charge is 0.187 e. The molecule has 4 saturated carbocycles. The lowest BCUT2D eigenvalue weighted by atomic mass is 9.34. The molecule has 0 aromatic rings. The predicted octanol–water partition coefficient (Wildman–Crippen LogP) is -2.59. The molecule has 0 spiro atoms. The van der Waals surface area contributed by atoms with Crippen molar-refractivity contribution in [2.75, 3.05) is 33.0 Å². The average Bonchev–Trinajstić information content (AvgIpc) is 3.96. The zero-order valence-corrected chi connectivity index (χ0v) is 44.9. The van der Waals surface area contributed by atoms with E-state index in [2.05, 4.69) is 19.9 Å². The molecule has 0 radical (unpaired) electrons.